The summed E-state index contributed by atoms with van der Waals surface area (Å²) in [7, 11) is 0. The summed E-state index contributed by atoms with van der Waals surface area (Å²) in [4.78, 5) is 0. The van der Waals surface area contributed by atoms with E-state index in [2.05, 4.69) is 13.8 Å². The van der Waals surface area contributed by atoms with Crippen molar-refractivity contribution in [3.05, 3.63) is 33.7 Å². The average molecular weight is 369 g/mol. The van der Waals surface area contributed by atoms with Gasteiger partial charge in [-0.1, -0.05) is 52.4 Å². The van der Waals surface area contributed by atoms with E-state index in [1.807, 2.05) is 33.7 Å². The van der Waals surface area contributed by atoms with Crippen LogP contribution in [0.1, 0.15) is 65.2 Å². The highest BCUT2D eigenvalue weighted by atomic mass is 32.1. The Kier molecular flexibility index (Phi) is 13.6. The van der Waals surface area contributed by atoms with Crippen molar-refractivity contribution in [1.29, 1.82) is 0 Å². The quantitative estimate of drug-likeness (QED) is 0.363. The third-order valence-corrected chi connectivity index (χ3v) is 4.85. The molecule has 0 spiro atoms. The number of hydrogen-bond acceptors (Lipinski definition) is 4. The highest BCUT2D eigenvalue weighted by molar-refractivity contribution is 7.08. The van der Waals surface area contributed by atoms with Gasteiger partial charge in [0.1, 0.15) is 11.5 Å². The van der Waals surface area contributed by atoms with Gasteiger partial charge >= 0.3 is 0 Å². The van der Waals surface area contributed by atoms with Crippen LogP contribution in [-0.2, 0) is 0 Å². The molecule has 2 heterocycles. The molecule has 0 N–H and O–H groups in total. The maximum atomic E-state index is 5.50. The lowest BCUT2D eigenvalue weighted by atomic mass is 10.2. The fourth-order valence-corrected chi connectivity index (χ4v) is 3.25. The first-order valence-electron chi connectivity index (χ1n) is 9.16. The molecule has 0 unspecified atom stereocenters. The minimum absolute atomic E-state index is 0.872. The summed E-state index contributed by atoms with van der Waals surface area (Å²) in [6.07, 6.45) is 10.2. The summed E-state index contributed by atoms with van der Waals surface area (Å²) in [6, 6.07) is 4.04. The first kappa shape index (κ1) is 21.0. The molecule has 2 nitrogen and oxygen atoms in total. The van der Waals surface area contributed by atoms with Crippen LogP contribution in [-0.4, -0.2) is 13.2 Å². The van der Waals surface area contributed by atoms with Gasteiger partial charge in [-0.05, 0) is 35.7 Å². The Labute approximate surface area is 155 Å². The molecule has 136 valence electrons. The zero-order chi connectivity index (χ0) is 17.3. The van der Waals surface area contributed by atoms with E-state index in [4.69, 9.17) is 9.47 Å². The van der Waals surface area contributed by atoms with E-state index >= 15 is 0 Å². The van der Waals surface area contributed by atoms with E-state index in [0.29, 0.717) is 0 Å². The monoisotopic (exact) mass is 368 g/mol. The van der Waals surface area contributed by atoms with Crippen LogP contribution in [0.25, 0.3) is 0 Å². The molecule has 0 radical (unpaired) electrons. The molecule has 0 atom stereocenters. The highest BCUT2D eigenvalue weighted by Gasteiger charge is 1.93. The Morgan fingerprint density at radius 3 is 1.46 bits per heavy atom. The van der Waals surface area contributed by atoms with Crippen molar-refractivity contribution in [2.75, 3.05) is 13.2 Å². The Morgan fingerprint density at radius 2 is 1.12 bits per heavy atom. The Hall–Kier alpha value is -1.00. The van der Waals surface area contributed by atoms with Crippen LogP contribution in [0.15, 0.2) is 33.7 Å². The lowest BCUT2D eigenvalue weighted by molar-refractivity contribution is 0.306. The topological polar surface area (TPSA) is 18.5 Å². The van der Waals surface area contributed by atoms with Crippen molar-refractivity contribution in [2.24, 2.45) is 0 Å². The molecule has 2 aromatic heterocycles. The van der Waals surface area contributed by atoms with Gasteiger partial charge in [0.15, 0.2) is 0 Å². The molecular weight excluding hydrogens is 336 g/mol. The van der Waals surface area contributed by atoms with Crippen LogP contribution in [0.2, 0.25) is 0 Å². The smallest absolute Gasteiger partial charge is 0.129 e. The van der Waals surface area contributed by atoms with Gasteiger partial charge in [0.05, 0.1) is 13.2 Å². The van der Waals surface area contributed by atoms with E-state index in [-0.39, 0.29) is 0 Å². The molecule has 2 aromatic rings. The standard InChI is InChI=1S/2C10H16OS/c2*1-2-3-4-5-7-11-10-6-8-12-9-10/h2*6,8-9H,2-5,7H2,1H3. The van der Waals surface area contributed by atoms with E-state index < -0.39 is 0 Å². The normalized spacial score (nSPS) is 10.1. The van der Waals surface area contributed by atoms with Crippen LogP contribution in [0.3, 0.4) is 0 Å². The van der Waals surface area contributed by atoms with Crippen LogP contribution < -0.4 is 9.47 Å². The highest BCUT2D eigenvalue weighted by Crippen LogP contribution is 2.15. The zero-order valence-electron chi connectivity index (χ0n) is 15.2. The molecule has 0 saturated heterocycles. The van der Waals surface area contributed by atoms with Crippen LogP contribution in [0, 0.1) is 0 Å². The summed E-state index contributed by atoms with van der Waals surface area (Å²) in [5, 5.41) is 8.17. The van der Waals surface area contributed by atoms with Gasteiger partial charge in [0, 0.05) is 10.8 Å². The van der Waals surface area contributed by atoms with Crippen molar-refractivity contribution in [2.45, 2.75) is 65.2 Å². The van der Waals surface area contributed by atoms with Crippen LogP contribution >= 0.6 is 22.7 Å². The summed E-state index contributed by atoms with van der Waals surface area (Å²) in [5.41, 5.74) is 0. The summed E-state index contributed by atoms with van der Waals surface area (Å²) in [6.45, 7) is 6.19. The summed E-state index contributed by atoms with van der Waals surface area (Å²) < 4.78 is 11.0. The number of ether oxygens (including phenoxy) is 2. The van der Waals surface area contributed by atoms with E-state index in [9.17, 15) is 0 Å². The Bertz CT molecular complexity index is 408. The van der Waals surface area contributed by atoms with Crippen molar-refractivity contribution in [3.8, 4) is 11.5 Å². The van der Waals surface area contributed by atoms with Gasteiger partial charge in [-0.2, -0.15) is 0 Å². The number of rotatable bonds is 12. The van der Waals surface area contributed by atoms with Crippen molar-refractivity contribution >= 4 is 22.7 Å². The molecule has 0 aromatic carbocycles. The van der Waals surface area contributed by atoms with Gasteiger partial charge in [-0.25, -0.2) is 0 Å². The van der Waals surface area contributed by atoms with Gasteiger partial charge in [-0.3, -0.25) is 0 Å². The average Bonchev–Trinajstić information content (AvgIpc) is 3.29. The fraction of sp³-hybridized carbons (Fsp3) is 0.600. The van der Waals surface area contributed by atoms with E-state index in [1.54, 1.807) is 22.7 Å². The Morgan fingerprint density at radius 1 is 0.667 bits per heavy atom. The molecule has 0 aliphatic rings. The maximum absolute atomic E-state index is 5.50. The Balaban J connectivity index is 0.000000240. The molecule has 0 amide bonds. The maximum Gasteiger partial charge on any atom is 0.129 e. The molecule has 0 aliphatic heterocycles. The first-order chi connectivity index (χ1) is 11.9. The minimum Gasteiger partial charge on any atom is -0.493 e. The minimum atomic E-state index is 0.872. The molecule has 24 heavy (non-hydrogen) atoms. The molecule has 4 heteroatoms. The van der Waals surface area contributed by atoms with E-state index in [0.717, 1.165) is 24.7 Å². The summed E-state index contributed by atoms with van der Waals surface area (Å²) >= 11 is 3.37. The van der Waals surface area contributed by atoms with Crippen molar-refractivity contribution < 1.29 is 9.47 Å². The summed E-state index contributed by atoms with van der Waals surface area (Å²) in [5.74, 6) is 2.05. The predicted molar refractivity (Wildman–Crippen MR) is 108 cm³/mol. The van der Waals surface area contributed by atoms with Gasteiger partial charge < -0.3 is 9.47 Å². The molecule has 0 aliphatic carbocycles. The lowest BCUT2D eigenvalue weighted by Crippen LogP contribution is -1.95. The second-order valence-electron chi connectivity index (χ2n) is 5.74. The molecule has 2 rings (SSSR count). The third kappa shape index (κ3) is 11.5. The van der Waals surface area contributed by atoms with Crippen molar-refractivity contribution in [3.63, 3.8) is 0 Å². The lowest BCUT2D eigenvalue weighted by Gasteiger charge is -2.02. The molecule has 0 saturated carbocycles. The number of hydrogen-bond donors (Lipinski definition) is 0. The van der Waals surface area contributed by atoms with Crippen LogP contribution in [0.5, 0.6) is 11.5 Å². The molecular formula is C20H32O2S2. The van der Waals surface area contributed by atoms with Gasteiger partial charge in [0.25, 0.3) is 0 Å². The van der Waals surface area contributed by atoms with E-state index in [1.165, 1.54) is 51.4 Å². The zero-order valence-corrected chi connectivity index (χ0v) is 16.8. The number of thiophene rings is 2. The fourth-order valence-electron chi connectivity index (χ4n) is 2.11. The second kappa shape index (κ2) is 15.5. The largest absolute Gasteiger partial charge is 0.493 e. The predicted octanol–water partition coefficient (Wildman–Crippen LogP) is 7.41. The van der Waals surface area contributed by atoms with Gasteiger partial charge in [-0.15, -0.1) is 22.7 Å². The second-order valence-corrected chi connectivity index (χ2v) is 7.30. The first-order valence-corrected chi connectivity index (χ1v) is 11.0. The van der Waals surface area contributed by atoms with Crippen molar-refractivity contribution in [1.82, 2.24) is 0 Å². The molecule has 0 bridgehead atoms. The van der Waals surface area contributed by atoms with Gasteiger partial charge in [0.2, 0.25) is 0 Å². The molecule has 0 fully saturated rings. The number of unbranched alkanes of at least 4 members (excludes halogenated alkanes) is 6. The third-order valence-electron chi connectivity index (χ3n) is 3.52. The van der Waals surface area contributed by atoms with Crippen LogP contribution in [0.4, 0.5) is 0 Å². The SMILES string of the molecule is CCCCCCOc1ccsc1.CCCCCCOc1ccsc1.